The molecule has 2 N–H and O–H groups in total. The Morgan fingerprint density at radius 2 is 1.92 bits per heavy atom. The van der Waals surface area contributed by atoms with Crippen LogP contribution in [0.3, 0.4) is 0 Å². The molecule has 2 aromatic rings. The molecule has 24 heavy (non-hydrogen) atoms. The standard InChI is InChI=1S/C20H27N3O/c24-20(18-10-4-5-11-21-18)16-14-19(23-12-6-1-7-13-23)22-17-9-3-2-8-15(16)17/h2-3,8-9,14,18,20-21,24H,1,4-7,10-13H2/t18-,20-/m0/s1. The lowest BCUT2D eigenvalue weighted by Gasteiger charge is -2.31. The van der Waals surface area contributed by atoms with Crippen molar-refractivity contribution in [3.63, 3.8) is 0 Å². The maximum absolute atomic E-state index is 11.1. The monoisotopic (exact) mass is 325 g/mol. The van der Waals surface area contributed by atoms with Gasteiger partial charge in [0.05, 0.1) is 11.6 Å². The smallest absolute Gasteiger partial charge is 0.129 e. The van der Waals surface area contributed by atoms with Gasteiger partial charge in [-0.1, -0.05) is 24.6 Å². The number of aromatic nitrogens is 1. The molecule has 0 radical (unpaired) electrons. The molecule has 0 spiro atoms. The first-order valence-corrected chi connectivity index (χ1v) is 9.39. The number of rotatable bonds is 3. The maximum atomic E-state index is 11.1. The molecule has 4 rings (SSSR count). The summed E-state index contributed by atoms with van der Waals surface area (Å²) in [5, 5.41) is 15.6. The summed E-state index contributed by atoms with van der Waals surface area (Å²) in [5.41, 5.74) is 2.02. The number of aliphatic hydroxyl groups excluding tert-OH is 1. The van der Waals surface area contributed by atoms with E-state index in [-0.39, 0.29) is 6.04 Å². The molecule has 2 atom stereocenters. The van der Waals surface area contributed by atoms with Crippen molar-refractivity contribution < 1.29 is 5.11 Å². The Morgan fingerprint density at radius 1 is 1.08 bits per heavy atom. The van der Waals surface area contributed by atoms with Gasteiger partial charge in [-0.2, -0.15) is 0 Å². The summed E-state index contributed by atoms with van der Waals surface area (Å²) in [6.07, 6.45) is 6.74. The third kappa shape index (κ3) is 3.13. The number of nitrogens with one attached hydrogen (secondary N) is 1. The Kier molecular flexibility index (Phi) is 4.67. The second-order valence-corrected chi connectivity index (χ2v) is 7.14. The van der Waals surface area contributed by atoms with Crippen LogP contribution in [0.15, 0.2) is 30.3 Å². The molecule has 3 heterocycles. The number of hydrogen-bond donors (Lipinski definition) is 2. The Balaban J connectivity index is 1.73. The molecule has 0 aliphatic carbocycles. The van der Waals surface area contributed by atoms with Gasteiger partial charge < -0.3 is 15.3 Å². The molecule has 2 saturated heterocycles. The lowest BCUT2D eigenvalue weighted by atomic mass is 9.92. The predicted molar refractivity (Wildman–Crippen MR) is 98.4 cm³/mol. The third-order valence-corrected chi connectivity index (χ3v) is 5.46. The third-order valence-electron chi connectivity index (χ3n) is 5.46. The average molecular weight is 325 g/mol. The van der Waals surface area contributed by atoms with Crippen LogP contribution in [0.5, 0.6) is 0 Å². The van der Waals surface area contributed by atoms with Crippen molar-refractivity contribution in [1.29, 1.82) is 0 Å². The molecule has 128 valence electrons. The Bertz CT molecular complexity index is 690. The number of pyridine rings is 1. The Labute approximate surface area is 143 Å². The molecule has 0 amide bonds. The average Bonchev–Trinajstić information content (AvgIpc) is 2.68. The second-order valence-electron chi connectivity index (χ2n) is 7.14. The van der Waals surface area contributed by atoms with Crippen LogP contribution >= 0.6 is 0 Å². The van der Waals surface area contributed by atoms with Crippen molar-refractivity contribution in [2.24, 2.45) is 0 Å². The minimum absolute atomic E-state index is 0.152. The number of hydrogen-bond acceptors (Lipinski definition) is 4. The van der Waals surface area contributed by atoms with E-state index in [1.165, 1.54) is 32.1 Å². The molecule has 4 heteroatoms. The van der Waals surface area contributed by atoms with Crippen molar-refractivity contribution in [2.45, 2.75) is 50.7 Å². The molecular formula is C20H27N3O. The zero-order valence-electron chi connectivity index (χ0n) is 14.2. The zero-order valence-corrected chi connectivity index (χ0v) is 14.2. The summed E-state index contributed by atoms with van der Waals surface area (Å²) in [5.74, 6) is 1.03. The SMILES string of the molecule is O[C@@H](c1cc(N2CCCCC2)nc2ccccc12)[C@@H]1CCCCN1. The van der Waals surface area contributed by atoms with Gasteiger partial charge in [-0.15, -0.1) is 0 Å². The molecule has 2 fully saturated rings. The predicted octanol–water partition coefficient (Wildman–Crippen LogP) is 3.40. The van der Waals surface area contributed by atoms with E-state index in [1.807, 2.05) is 12.1 Å². The second kappa shape index (κ2) is 7.08. The lowest BCUT2D eigenvalue weighted by Crippen LogP contribution is -2.39. The van der Waals surface area contributed by atoms with Gasteiger partial charge in [-0.25, -0.2) is 4.98 Å². The fourth-order valence-electron chi connectivity index (χ4n) is 4.08. The van der Waals surface area contributed by atoms with E-state index >= 15 is 0 Å². The number of para-hydroxylation sites is 1. The number of anilines is 1. The first-order valence-electron chi connectivity index (χ1n) is 9.39. The van der Waals surface area contributed by atoms with Crippen LogP contribution < -0.4 is 10.2 Å². The first-order chi connectivity index (χ1) is 11.8. The highest BCUT2D eigenvalue weighted by Crippen LogP contribution is 2.32. The number of aliphatic hydroxyl groups is 1. The van der Waals surface area contributed by atoms with E-state index in [1.54, 1.807) is 0 Å². The zero-order chi connectivity index (χ0) is 16.4. The molecule has 0 saturated carbocycles. The van der Waals surface area contributed by atoms with Crippen molar-refractivity contribution in [2.75, 3.05) is 24.5 Å². The normalized spacial score (nSPS) is 23.4. The molecule has 0 unspecified atom stereocenters. The summed E-state index contributed by atoms with van der Waals surface area (Å²) < 4.78 is 0. The van der Waals surface area contributed by atoms with Crippen LogP contribution in [0, 0.1) is 0 Å². The lowest BCUT2D eigenvalue weighted by molar-refractivity contribution is 0.115. The highest BCUT2D eigenvalue weighted by atomic mass is 16.3. The van der Waals surface area contributed by atoms with Crippen molar-refractivity contribution >= 4 is 16.7 Å². The van der Waals surface area contributed by atoms with Crippen LogP contribution in [0.2, 0.25) is 0 Å². The van der Waals surface area contributed by atoms with E-state index in [0.29, 0.717) is 0 Å². The Hall–Kier alpha value is -1.65. The molecule has 2 aliphatic rings. The van der Waals surface area contributed by atoms with Crippen LogP contribution in [-0.4, -0.2) is 35.8 Å². The van der Waals surface area contributed by atoms with Crippen molar-refractivity contribution in [3.05, 3.63) is 35.9 Å². The fraction of sp³-hybridized carbons (Fsp3) is 0.550. The fourth-order valence-corrected chi connectivity index (χ4v) is 4.08. The quantitative estimate of drug-likeness (QED) is 0.908. The van der Waals surface area contributed by atoms with Crippen LogP contribution in [0.4, 0.5) is 5.82 Å². The van der Waals surface area contributed by atoms with E-state index in [9.17, 15) is 5.11 Å². The van der Waals surface area contributed by atoms with Gasteiger partial charge in [0.1, 0.15) is 5.82 Å². The Morgan fingerprint density at radius 3 is 2.71 bits per heavy atom. The number of fused-ring (bicyclic) bond motifs is 1. The number of nitrogens with zero attached hydrogens (tertiary/aromatic N) is 2. The molecule has 1 aromatic carbocycles. The summed E-state index contributed by atoms with van der Waals surface area (Å²) in [7, 11) is 0. The van der Waals surface area contributed by atoms with Gasteiger partial charge in [0.15, 0.2) is 0 Å². The molecule has 2 aliphatic heterocycles. The van der Waals surface area contributed by atoms with Gasteiger partial charge in [0.25, 0.3) is 0 Å². The van der Waals surface area contributed by atoms with Gasteiger partial charge in [0, 0.05) is 24.5 Å². The summed E-state index contributed by atoms with van der Waals surface area (Å²) in [6.45, 7) is 3.15. The van der Waals surface area contributed by atoms with Gasteiger partial charge >= 0.3 is 0 Å². The van der Waals surface area contributed by atoms with Crippen LogP contribution in [0.1, 0.15) is 50.2 Å². The van der Waals surface area contributed by atoms with Crippen molar-refractivity contribution in [1.82, 2.24) is 10.3 Å². The van der Waals surface area contributed by atoms with E-state index in [4.69, 9.17) is 4.98 Å². The number of benzene rings is 1. The molecule has 0 bridgehead atoms. The minimum Gasteiger partial charge on any atom is -0.387 e. The summed E-state index contributed by atoms with van der Waals surface area (Å²) >= 11 is 0. The highest BCUT2D eigenvalue weighted by Gasteiger charge is 2.25. The van der Waals surface area contributed by atoms with E-state index < -0.39 is 6.10 Å². The molecule has 1 aromatic heterocycles. The van der Waals surface area contributed by atoms with E-state index in [2.05, 4.69) is 28.4 Å². The maximum Gasteiger partial charge on any atom is 0.129 e. The van der Waals surface area contributed by atoms with E-state index in [0.717, 1.165) is 48.3 Å². The summed E-state index contributed by atoms with van der Waals surface area (Å²) in [4.78, 5) is 7.26. The number of piperidine rings is 2. The molecule has 4 nitrogen and oxygen atoms in total. The van der Waals surface area contributed by atoms with Gasteiger partial charge in [-0.05, 0) is 56.3 Å². The minimum atomic E-state index is -0.471. The highest BCUT2D eigenvalue weighted by molar-refractivity contribution is 5.84. The summed E-state index contributed by atoms with van der Waals surface area (Å²) in [6, 6.07) is 10.5. The largest absolute Gasteiger partial charge is 0.387 e. The van der Waals surface area contributed by atoms with Crippen LogP contribution in [0.25, 0.3) is 10.9 Å². The van der Waals surface area contributed by atoms with Crippen molar-refractivity contribution in [3.8, 4) is 0 Å². The van der Waals surface area contributed by atoms with Gasteiger partial charge in [-0.3, -0.25) is 0 Å². The van der Waals surface area contributed by atoms with Gasteiger partial charge in [0.2, 0.25) is 0 Å². The topological polar surface area (TPSA) is 48.4 Å². The first kappa shape index (κ1) is 15.9. The van der Waals surface area contributed by atoms with Crippen LogP contribution in [-0.2, 0) is 0 Å². The molecular weight excluding hydrogens is 298 g/mol.